The first-order chi connectivity index (χ1) is 15.3. The minimum absolute atomic E-state index is 0.0217. The monoisotopic (exact) mass is 461 g/mol. The lowest BCUT2D eigenvalue weighted by atomic mass is 10.1. The van der Waals surface area contributed by atoms with E-state index in [9.17, 15) is 19.5 Å². The van der Waals surface area contributed by atoms with Gasteiger partial charge in [0.2, 0.25) is 5.91 Å². The number of hydrogen-bond donors (Lipinski definition) is 1. The lowest BCUT2D eigenvalue weighted by molar-refractivity contribution is -0.746. The number of carbonyl (C=O) groups is 3. The molecule has 2 heterocycles. The van der Waals surface area contributed by atoms with Crippen LogP contribution in [0, 0.1) is 0 Å². The van der Waals surface area contributed by atoms with E-state index in [1.165, 1.54) is 26.6 Å². The molecule has 12 heteroatoms. The van der Waals surface area contributed by atoms with Gasteiger partial charge in [-0.15, -0.1) is 0 Å². The first kappa shape index (κ1) is 23.1. The zero-order chi connectivity index (χ0) is 23.4. The van der Waals surface area contributed by atoms with Crippen LogP contribution in [0.1, 0.15) is 36.3 Å². The summed E-state index contributed by atoms with van der Waals surface area (Å²) in [7, 11) is 1.54. The van der Waals surface area contributed by atoms with Crippen molar-refractivity contribution in [2.75, 3.05) is 18.5 Å². The van der Waals surface area contributed by atoms with Crippen LogP contribution in [0.5, 0.6) is 5.95 Å². The third-order valence-corrected chi connectivity index (χ3v) is 5.43. The van der Waals surface area contributed by atoms with Crippen molar-refractivity contribution >= 4 is 40.8 Å². The van der Waals surface area contributed by atoms with E-state index in [0.717, 1.165) is 0 Å². The normalized spacial score (nSPS) is 15.9. The summed E-state index contributed by atoms with van der Waals surface area (Å²) in [4.78, 5) is 40.2. The molecule has 0 saturated carbocycles. The van der Waals surface area contributed by atoms with E-state index in [1.807, 2.05) is 0 Å². The molecule has 1 aliphatic heterocycles. The zero-order valence-electron chi connectivity index (χ0n) is 17.9. The average molecular weight is 462 g/mol. The van der Waals surface area contributed by atoms with Gasteiger partial charge in [0.15, 0.2) is 18.1 Å². The van der Waals surface area contributed by atoms with Crippen LogP contribution in [-0.4, -0.2) is 57.2 Å². The molecule has 1 N–H and O–H groups in total. The second kappa shape index (κ2) is 9.73. The number of nitrogens with zero attached hydrogens (tertiary/aromatic N) is 4. The molecule has 170 valence electrons. The largest absolute Gasteiger partial charge is 0.539 e. The topological polar surface area (TPSA) is 132 Å². The Morgan fingerprint density at radius 2 is 2.00 bits per heavy atom. The molecular weight excluding hydrogens is 438 g/mol. The van der Waals surface area contributed by atoms with Crippen molar-refractivity contribution in [3.8, 4) is 5.95 Å². The smallest absolute Gasteiger partial charge is 0.338 e. The molecule has 1 atom stereocenters. The van der Waals surface area contributed by atoms with Crippen LogP contribution in [0.25, 0.3) is 0 Å². The Morgan fingerprint density at radius 3 is 2.56 bits per heavy atom. The molecule has 2 amide bonds. The number of aryl methyl sites for hydroxylation is 1. The Morgan fingerprint density at radius 1 is 1.31 bits per heavy atom. The standard InChI is InChI=1S/C20H23N5O6S/c1-4-24-17(27)14(25(20(24)32)11-15-19(29)31-22-23(15)3)10-16(26)21-13-8-6-12(7-9-13)18(28)30-5-2/h6-9,14H,4-5,10-11H2,1-3H3,(H-,21,22,26,28,29). The van der Waals surface area contributed by atoms with Gasteiger partial charge >= 0.3 is 5.97 Å². The van der Waals surface area contributed by atoms with E-state index < -0.39 is 23.9 Å². The van der Waals surface area contributed by atoms with E-state index in [-0.39, 0.29) is 36.3 Å². The van der Waals surface area contributed by atoms with E-state index in [4.69, 9.17) is 17.0 Å². The summed E-state index contributed by atoms with van der Waals surface area (Å²) in [5, 5.41) is 18.4. The number of nitrogens with one attached hydrogen (secondary N) is 1. The van der Waals surface area contributed by atoms with Crippen molar-refractivity contribution in [1.82, 2.24) is 15.1 Å². The van der Waals surface area contributed by atoms with Crippen LogP contribution in [0.2, 0.25) is 0 Å². The summed E-state index contributed by atoms with van der Waals surface area (Å²) in [6, 6.07) is 5.34. The average Bonchev–Trinajstić information content (AvgIpc) is 3.19. The molecule has 0 bridgehead atoms. The number of ether oxygens (including phenoxy) is 1. The van der Waals surface area contributed by atoms with Crippen LogP contribution in [0.4, 0.5) is 5.69 Å². The van der Waals surface area contributed by atoms with Crippen molar-refractivity contribution in [1.29, 1.82) is 0 Å². The first-order valence-electron chi connectivity index (χ1n) is 9.97. The van der Waals surface area contributed by atoms with Gasteiger partial charge in [-0.3, -0.25) is 14.5 Å². The summed E-state index contributed by atoms with van der Waals surface area (Å²) in [6.07, 6.45) is -0.182. The Balaban J connectivity index is 1.72. The van der Waals surface area contributed by atoms with Gasteiger partial charge in [-0.2, -0.15) is 0 Å². The molecule has 1 aromatic heterocycles. The molecule has 0 spiro atoms. The highest BCUT2D eigenvalue weighted by atomic mass is 32.1. The second-order valence-corrected chi connectivity index (χ2v) is 7.35. The number of aromatic nitrogens is 2. The number of amides is 2. The minimum atomic E-state index is -0.879. The molecule has 1 fully saturated rings. The van der Waals surface area contributed by atoms with Gasteiger partial charge in [-0.25, -0.2) is 4.79 Å². The lowest BCUT2D eigenvalue weighted by Crippen LogP contribution is -2.42. The van der Waals surface area contributed by atoms with Gasteiger partial charge < -0.3 is 24.6 Å². The Bertz CT molecular complexity index is 1020. The number of carbonyl (C=O) groups excluding carboxylic acids is 3. The lowest BCUT2D eigenvalue weighted by Gasteiger charge is -2.22. The molecule has 0 aliphatic carbocycles. The number of anilines is 1. The summed E-state index contributed by atoms with van der Waals surface area (Å²) in [6.45, 7) is 4.06. The fourth-order valence-electron chi connectivity index (χ4n) is 3.31. The van der Waals surface area contributed by atoms with Crippen LogP contribution in [0.15, 0.2) is 28.8 Å². The maximum Gasteiger partial charge on any atom is 0.338 e. The van der Waals surface area contributed by atoms with Gasteiger partial charge in [0.05, 0.1) is 23.9 Å². The van der Waals surface area contributed by atoms with E-state index in [1.54, 1.807) is 33.0 Å². The van der Waals surface area contributed by atoms with Crippen molar-refractivity contribution < 1.29 is 33.4 Å². The molecule has 1 unspecified atom stereocenters. The second-order valence-electron chi connectivity index (χ2n) is 6.99. The quantitative estimate of drug-likeness (QED) is 0.330. The summed E-state index contributed by atoms with van der Waals surface area (Å²) < 4.78 is 10.8. The molecule has 1 aromatic carbocycles. The molecule has 3 rings (SSSR count). The Kier molecular flexibility index (Phi) is 7.03. The molecule has 11 nitrogen and oxygen atoms in total. The summed E-state index contributed by atoms with van der Waals surface area (Å²) in [5.74, 6) is -1.83. The van der Waals surface area contributed by atoms with Crippen molar-refractivity contribution in [2.45, 2.75) is 32.9 Å². The fraction of sp³-hybridized carbons (Fsp3) is 0.400. The third-order valence-electron chi connectivity index (χ3n) is 4.97. The Hall–Kier alpha value is -3.54. The maximum absolute atomic E-state index is 12.9. The van der Waals surface area contributed by atoms with Gasteiger partial charge in [0.25, 0.3) is 11.6 Å². The number of rotatable bonds is 8. The van der Waals surface area contributed by atoms with Crippen molar-refractivity contribution in [2.24, 2.45) is 7.05 Å². The molecular formula is C20H23N5O6S. The van der Waals surface area contributed by atoms with Crippen LogP contribution in [0.3, 0.4) is 0 Å². The molecule has 2 aromatic rings. The number of thiocarbonyl (C=S) groups is 1. The van der Waals surface area contributed by atoms with Gasteiger partial charge in [-0.05, 0) is 50.3 Å². The predicted molar refractivity (Wildman–Crippen MR) is 112 cm³/mol. The maximum atomic E-state index is 12.9. The number of benzene rings is 1. The predicted octanol–water partition coefficient (Wildman–Crippen LogP) is 0.0958. The molecule has 1 saturated heterocycles. The van der Waals surface area contributed by atoms with Gasteiger partial charge in [0, 0.05) is 12.2 Å². The third kappa shape index (κ3) is 4.69. The van der Waals surface area contributed by atoms with Crippen molar-refractivity contribution in [3.05, 3.63) is 35.5 Å². The first-order valence-corrected chi connectivity index (χ1v) is 10.4. The zero-order valence-corrected chi connectivity index (χ0v) is 18.7. The van der Waals surface area contributed by atoms with Crippen LogP contribution < -0.4 is 15.1 Å². The summed E-state index contributed by atoms with van der Waals surface area (Å²) >= 11 is 5.41. The van der Waals surface area contributed by atoms with Crippen LogP contribution >= 0.6 is 12.2 Å². The van der Waals surface area contributed by atoms with Gasteiger partial charge in [-0.1, -0.05) is 4.68 Å². The number of esters is 1. The Labute approximate surface area is 189 Å². The highest BCUT2D eigenvalue weighted by Crippen LogP contribution is 2.24. The van der Waals surface area contributed by atoms with E-state index in [2.05, 4.69) is 15.1 Å². The highest BCUT2D eigenvalue weighted by molar-refractivity contribution is 7.80. The SMILES string of the molecule is CCOC(=O)c1ccc(NC(=O)CC2C(=O)N(CC)C(=S)N2Cc2c([O-])on[n+]2C)cc1. The van der Waals surface area contributed by atoms with E-state index in [0.29, 0.717) is 17.8 Å². The molecule has 0 radical (unpaired) electrons. The highest BCUT2D eigenvalue weighted by Gasteiger charge is 2.44. The fourth-order valence-corrected chi connectivity index (χ4v) is 3.73. The van der Waals surface area contributed by atoms with Crippen LogP contribution in [-0.2, 0) is 27.9 Å². The molecule has 32 heavy (non-hydrogen) atoms. The molecule has 1 aliphatic rings. The van der Waals surface area contributed by atoms with Gasteiger partial charge in [0.1, 0.15) is 12.6 Å². The van der Waals surface area contributed by atoms with E-state index >= 15 is 0 Å². The minimum Gasteiger partial charge on any atom is -0.539 e. The number of likely N-dealkylation sites (N-methyl/N-ethyl adjacent to an activating group) is 1. The van der Waals surface area contributed by atoms with Crippen molar-refractivity contribution in [3.63, 3.8) is 0 Å². The number of hydrogen-bond acceptors (Lipinski definition) is 8. The summed E-state index contributed by atoms with van der Waals surface area (Å²) in [5.41, 5.74) is 1.03.